The normalized spacial score (nSPS) is 32.4. The largest absolute Gasteiger partial charge is 0.472 e. The minimum Gasteiger partial charge on any atom is -0.472 e. The van der Waals surface area contributed by atoms with Gasteiger partial charge in [0.1, 0.15) is 40.2 Å². The first-order chi connectivity index (χ1) is 14.4. The van der Waals surface area contributed by atoms with Crippen LogP contribution in [0.3, 0.4) is 0 Å². The molecule has 1 saturated carbocycles. The SMILES string of the molecule is CN1c2nc(OC[C@@]34CCCN3C[C@H](F)C4)nc3c(F)c(Br)nc(c23)O[C@H]2CC[C@H]21. The monoisotopic (exact) mass is 481 g/mol. The molecule has 2 aromatic rings. The highest BCUT2D eigenvalue weighted by Gasteiger charge is 2.49. The van der Waals surface area contributed by atoms with Crippen LogP contribution in [0.5, 0.6) is 11.9 Å². The third kappa shape index (κ3) is 2.65. The predicted octanol–water partition coefficient (Wildman–Crippen LogP) is 3.24. The van der Waals surface area contributed by atoms with Crippen LogP contribution in [0, 0.1) is 5.82 Å². The van der Waals surface area contributed by atoms with Crippen molar-refractivity contribution in [1.29, 1.82) is 0 Å². The van der Waals surface area contributed by atoms with Crippen molar-refractivity contribution in [3.8, 4) is 11.9 Å². The van der Waals surface area contributed by atoms with E-state index in [0.29, 0.717) is 36.7 Å². The van der Waals surface area contributed by atoms with Gasteiger partial charge in [-0.05, 0) is 48.2 Å². The molecule has 1 aliphatic carbocycles. The summed E-state index contributed by atoms with van der Waals surface area (Å²) < 4.78 is 41.2. The topological polar surface area (TPSA) is 63.6 Å². The maximum atomic E-state index is 15.0. The molecule has 10 heteroatoms. The summed E-state index contributed by atoms with van der Waals surface area (Å²) in [6, 6.07) is 0.256. The molecule has 0 bridgehead atoms. The average molecular weight is 482 g/mol. The Morgan fingerprint density at radius 3 is 2.97 bits per heavy atom. The number of hydrogen-bond donors (Lipinski definition) is 0. The molecule has 0 N–H and O–H groups in total. The highest BCUT2D eigenvalue weighted by molar-refractivity contribution is 9.10. The molecule has 160 valence electrons. The minimum absolute atomic E-state index is 0.00691. The lowest BCUT2D eigenvalue weighted by atomic mass is 9.88. The van der Waals surface area contributed by atoms with Gasteiger partial charge in [0.2, 0.25) is 5.88 Å². The molecule has 0 unspecified atom stereocenters. The van der Waals surface area contributed by atoms with Crippen molar-refractivity contribution in [2.24, 2.45) is 0 Å². The van der Waals surface area contributed by atoms with Crippen molar-refractivity contribution in [1.82, 2.24) is 19.9 Å². The zero-order chi connectivity index (χ0) is 20.6. The lowest BCUT2D eigenvalue weighted by Gasteiger charge is -2.40. The van der Waals surface area contributed by atoms with Crippen molar-refractivity contribution in [2.45, 2.75) is 56.0 Å². The maximum Gasteiger partial charge on any atom is 0.319 e. The quantitative estimate of drug-likeness (QED) is 0.623. The molecule has 30 heavy (non-hydrogen) atoms. The first kappa shape index (κ1) is 18.9. The van der Waals surface area contributed by atoms with Gasteiger partial charge in [-0.25, -0.2) is 13.8 Å². The van der Waals surface area contributed by atoms with Crippen molar-refractivity contribution >= 4 is 32.7 Å². The fraction of sp³-hybridized carbons (Fsp3) is 0.650. The molecule has 6 rings (SSSR count). The van der Waals surface area contributed by atoms with E-state index >= 15 is 0 Å². The van der Waals surface area contributed by atoms with E-state index in [-0.39, 0.29) is 33.8 Å². The number of likely N-dealkylation sites (N-methyl/N-ethyl adjacent to an activating group) is 1. The molecule has 5 heterocycles. The summed E-state index contributed by atoms with van der Waals surface area (Å²) in [6.45, 7) is 1.63. The highest BCUT2D eigenvalue weighted by Crippen LogP contribution is 2.44. The van der Waals surface area contributed by atoms with E-state index in [4.69, 9.17) is 9.47 Å². The Morgan fingerprint density at radius 2 is 2.17 bits per heavy atom. The summed E-state index contributed by atoms with van der Waals surface area (Å²) in [4.78, 5) is 17.5. The fourth-order valence-corrected chi connectivity index (χ4v) is 5.81. The van der Waals surface area contributed by atoms with Gasteiger partial charge in [-0.3, -0.25) is 4.90 Å². The Labute approximate surface area is 180 Å². The molecule has 3 aliphatic heterocycles. The lowest BCUT2D eigenvalue weighted by Crippen LogP contribution is -2.51. The van der Waals surface area contributed by atoms with Gasteiger partial charge in [0, 0.05) is 20.0 Å². The van der Waals surface area contributed by atoms with Gasteiger partial charge in [0.25, 0.3) is 0 Å². The molecule has 0 amide bonds. The zero-order valence-corrected chi connectivity index (χ0v) is 18.2. The third-order valence-electron chi connectivity index (χ3n) is 7.17. The number of hydrogen-bond acceptors (Lipinski definition) is 7. The number of alkyl halides is 1. The molecule has 4 atom stereocenters. The van der Waals surface area contributed by atoms with Gasteiger partial charge < -0.3 is 14.4 Å². The summed E-state index contributed by atoms with van der Waals surface area (Å²) in [5, 5.41) is 0.463. The van der Waals surface area contributed by atoms with Crippen molar-refractivity contribution < 1.29 is 18.3 Å². The predicted molar refractivity (Wildman–Crippen MR) is 109 cm³/mol. The van der Waals surface area contributed by atoms with E-state index in [1.54, 1.807) is 0 Å². The minimum atomic E-state index is -0.836. The van der Waals surface area contributed by atoms with Gasteiger partial charge in [0.15, 0.2) is 5.82 Å². The van der Waals surface area contributed by atoms with Gasteiger partial charge in [-0.15, -0.1) is 0 Å². The Kier molecular flexibility index (Phi) is 4.16. The molecule has 0 aromatic carbocycles. The van der Waals surface area contributed by atoms with E-state index in [1.165, 1.54) is 0 Å². The van der Waals surface area contributed by atoms with E-state index in [2.05, 4.69) is 35.8 Å². The summed E-state index contributed by atoms with van der Waals surface area (Å²) in [5.41, 5.74) is -0.196. The molecule has 2 saturated heterocycles. The summed E-state index contributed by atoms with van der Waals surface area (Å²) >= 11 is 3.18. The van der Waals surface area contributed by atoms with Crippen molar-refractivity contribution in [3.05, 3.63) is 10.4 Å². The second-order valence-corrected chi connectivity index (χ2v) is 9.60. The smallest absolute Gasteiger partial charge is 0.319 e. The number of ether oxygens (including phenoxy) is 2. The molecular formula is C20H22BrF2N5O2. The van der Waals surface area contributed by atoms with Crippen LogP contribution in [0.15, 0.2) is 4.60 Å². The lowest BCUT2D eigenvalue weighted by molar-refractivity contribution is 0.0900. The highest BCUT2D eigenvalue weighted by atomic mass is 79.9. The molecule has 0 radical (unpaired) electrons. The van der Waals surface area contributed by atoms with Crippen LogP contribution in [0.25, 0.3) is 10.9 Å². The average Bonchev–Trinajstić information content (AvgIpc) is 3.19. The van der Waals surface area contributed by atoms with Crippen LogP contribution in [0.4, 0.5) is 14.6 Å². The van der Waals surface area contributed by atoms with Crippen LogP contribution in [-0.2, 0) is 0 Å². The van der Waals surface area contributed by atoms with Gasteiger partial charge in [-0.2, -0.15) is 9.97 Å². The number of aromatic nitrogens is 3. The Hall–Kier alpha value is -1.81. The summed E-state index contributed by atoms with van der Waals surface area (Å²) in [7, 11) is 1.93. The van der Waals surface area contributed by atoms with Crippen LogP contribution in [0.1, 0.15) is 32.1 Å². The Morgan fingerprint density at radius 1 is 1.30 bits per heavy atom. The summed E-state index contributed by atoms with van der Waals surface area (Å²) in [6.07, 6.45) is 3.42. The molecule has 7 nitrogen and oxygen atoms in total. The zero-order valence-electron chi connectivity index (χ0n) is 16.6. The standard InChI is InChI=1S/C20H22BrF2N5O2/c1-27-11-3-4-12(11)30-18-13-15(14(23)16(21)25-18)24-19(26-17(13)27)29-9-20-5-2-6-28(20)8-10(22)7-20/h10-12H,2-9H2,1H3/t10-,11-,12+,20+/m1/s1. The Bertz CT molecular complexity index is 1040. The number of rotatable bonds is 3. The molecular weight excluding hydrogens is 460 g/mol. The second-order valence-electron chi connectivity index (χ2n) is 8.85. The van der Waals surface area contributed by atoms with Crippen molar-refractivity contribution in [2.75, 3.05) is 31.6 Å². The van der Waals surface area contributed by atoms with Gasteiger partial charge >= 0.3 is 6.01 Å². The van der Waals surface area contributed by atoms with Crippen LogP contribution in [0.2, 0.25) is 0 Å². The summed E-state index contributed by atoms with van der Waals surface area (Å²) in [5.74, 6) is 0.334. The number of nitrogens with zero attached hydrogens (tertiary/aromatic N) is 5. The number of halogens is 3. The van der Waals surface area contributed by atoms with Crippen LogP contribution in [-0.4, -0.2) is 70.5 Å². The maximum absolute atomic E-state index is 15.0. The van der Waals surface area contributed by atoms with Crippen molar-refractivity contribution in [3.63, 3.8) is 0 Å². The molecule has 2 aromatic heterocycles. The van der Waals surface area contributed by atoms with Gasteiger partial charge in [0.05, 0.1) is 11.6 Å². The van der Waals surface area contributed by atoms with Crippen LogP contribution < -0.4 is 14.4 Å². The molecule has 3 fully saturated rings. The van der Waals surface area contributed by atoms with Crippen LogP contribution >= 0.6 is 15.9 Å². The fourth-order valence-electron chi connectivity index (χ4n) is 5.46. The Balaban J connectivity index is 1.41. The third-order valence-corrected chi connectivity index (χ3v) is 7.70. The van der Waals surface area contributed by atoms with E-state index in [1.807, 2.05) is 11.9 Å². The van der Waals surface area contributed by atoms with E-state index in [0.717, 1.165) is 32.2 Å². The van der Waals surface area contributed by atoms with E-state index in [9.17, 15) is 8.78 Å². The van der Waals surface area contributed by atoms with Gasteiger partial charge in [-0.1, -0.05) is 0 Å². The molecule has 0 spiro atoms. The number of pyridine rings is 1. The van der Waals surface area contributed by atoms with E-state index < -0.39 is 12.0 Å². The first-order valence-electron chi connectivity index (χ1n) is 10.4. The number of fused-ring (bicyclic) bond motifs is 2. The molecule has 4 aliphatic rings. The number of anilines is 1. The first-order valence-corrected chi connectivity index (χ1v) is 11.2. The second kappa shape index (κ2) is 6.59.